The van der Waals surface area contributed by atoms with Crippen LogP contribution in [0.25, 0.3) is 0 Å². The van der Waals surface area contributed by atoms with Gasteiger partial charge in [0, 0.05) is 8.95 Å². The highest BCUT2D eigenvalue weighted by molar-refractivity contribution is 9.11. The van der Waals surface area contributed by atoms with Crippen molar-refractivity contribution in [1.82, 2.24) is 0 Å². The lowest BCUT2D eigenvalue weighted by atomic mass is 9.99. The first-order valence-corrected chi connectivity index (χ1v) is 7.53. The highest BCUT2D eigenvalue weighted by atomic mass is 79.9. The van der Waals surface area contributed by atoms with Gasteiger partial charge in [-0.05, 0) is 35.4 Å². The van der Waals surface area contributed by atoms with Crippen molar-refractivity contribution in [3.05, 3.63) is 61.5 Å². The third kappa shape index (κ3) is 3.31. The number of nitrogens with two attached hydrogens (primary N) is 1. The van der Waals surface area contributed by atoms with E-state index in [0.717, 1.165) is 20.1 Å². The minimum atomic E-state index is -0.242. The first kappa shape index (κ1) is 14.9. The molecule has 5 heteroatoms. The number of halogens is 3. The molecule has 19 heavy (non-hydrogen) atoms. The number of hydrogen-bond acceptors (Lipinski definition) is 2. The molecule has 2 aromatic rings. The van der Waals surface area contributed by atoms with Crippen molar-refractivity contribution in [2.45, 2.75) is 6.04 Å². The average molecular weight is 406 g/mol. The van der Waals surface area contributed by atoms with Gasteiger partial charge < -0.3 is 10.5 Å². The fourth-order valence-electron chi connectivity index (χ4n) is 1.80. The molecule has 1 atom stereocenters. The molecule has 0 aliphatic carbocycles. The smallest absolute Gasteiger partial charge is 0.137 e. The van der Waals surface area contributed by atoms with Gasteiger partial charge in [0.15, 0.2) is 0 Å². The van der Waals surface area contributed by atoms with Crippen LogP contribution in [0.1, 0.15) is 17.2 Å². The Kier molecular flexibility index (Phi) is 4.90. The van der Waals surface area contributed by atoms with Crippen molar-refractivity contribution in [1.29, 1.82) is 0 Å². The van der Waals surface area contributed by atoms with E-state index in [-0.39, 0.29) is 6.04 Å². The maximum atomic E-state index is 6.30. The van der Waals surface area contributed by atoms with Crippen LogP contribution in [-0.4, -0.2) is 7.11 Å². The predicted octanol–water partition coefficient (Wildman–Crippen LogP) is 4.92. The SMILES string of the molecule is COc1cc(C(N)c2ccc(Br)cc2Br)ccc1Cl. The largest absolute Gasteiger partial charge is 0.495 e. The molecular weight excluding hydrogens is 393 g/mol. The van der Waals surface area contributed by atoms with Crippen LogP contribution >= 0.6 is 43.5 Å². The third-order valence-corrected chi connectivity index (χ3v) is 4.32. The van der Waals surface area contributed by atoms with E-state index >= 15 is 0 Å². The van der Waals surface area contributed by atoms with E-state index in [4.69, 9.17) is 22.1 Å². The van der Waals surface area contributed by atoms with E-state index in [9.17, 15) is 0 Å². The molecular formula is C14H12Br2ClNO. The molecule has 2 rings (SSSR count). The monoisotopic (exact) mass is 403 g/mol. The number of hydrogen-bond donors (Lipinski definition) is 1. The summed E-state index contributed by atoms with van der Waals surface area (Å²) in [4.78, 5) is 0. The molecule has 2 N–H and O–H groups in total. The molecule has 2 aromatic carbocycles. The molecule has 0 aromatic heterocycles. The first-order valence-electron chi connectivity index (χ1n) is 5.57. The molecule has 2 nitrogen and oxygen atoms in total. The van der Waals surface area contributed by atoms with E-state index in [1.54, 1.807) is 13.2 Å². The van der Waals surface area contributed by atoms with E-state index in [2.05, 4.69) is 31.9 Å². The van der Waals surface area contributed by atoms with E-state index in [1.165, 1.54) is 0 Å². The second-order valence-corrected chi connectivity index (χ2v) is 6.21. The number of ether oxygens (including phenoxy) is 1. The van der Waals surface area contributed by atoms with Crippen LogP contribution in [0.5, 0.6) is 5.75 Å². The summed E-state index contributed by atoms with van der Waals surface area (Å²) < 4.78 is 7.18. The van der Waals surface area contributed by atoms with Crippen molar-refractivity contribution in [3.63, 3.8) is 0 Å². The molecule has 1 unspecified atom stereocenters. The minimum Gasteiger partial charge on any atom is -0.495 e. The van der Waals surface area contributed by atoms with Gasteiger partial charge in [0.05, 0.1) is 18.2 Å². The Balaban J connectivity index is 2.40. The zero-order chi connectivity index (χ0) is 14.0. The molecule has 0 fully saturated rings. The number of rotatable bonds is 3. The Hall–Kier alpha value is -0.550. The maximum Gasteiger partial charge on any atom is 0.137 e. The summed E-state index contributed by atoms with van der Waals surface area (Å²) in [7, 11) is 1.59. The molecule has 0 aliphatic heterocycles. The van der Waals surface area contributed by atoms with Crippen molar-refractivity contribution < 1.29 is 4.74 Å². The Morgan fingerprint density at radius 3 is 2.53 bits per heavy atom. The first-order chi connectivity index (χ1) is 9.02. The van der Waals surface area contributed by atoms with Gasteiger partial charge in [-0.15, -0.1) is 0 Å². The lowest BCUT2D eigenvalue weighted by molar-refractivity contribution is 0.414. The molecule has 0 bridgehead atoms. The van der Waals surface area contributed by atoms with Crippen molar-refractivity contribution in [3.8, 4) is 5.75 Å². The summed E-state index contributed by atoms with van der Waals surface area (Å²) in [5.74, 6) is 0.628. The van der Waals surface area contributed by atoms with E-state index < -0.39 is 0 Å². The molecule has 0 radical (unpaired) electrons. The minimum absolute atomic E-state index is 0.242. The Morgan fingerprint density at radius 2 is 1.89 bits per heavy atom. The van der Waals surface area contributed by atoms with Crippen LogP contribution in [0.2, 0.25) is 5.02 Å². The normalized spacial score (nSPS) is 12.3. The molecule has 0 heterocycles. The van der Waals surface area contributed by atoms with Gasteiger partial charge in [-0.1, -0.05) is 55.6 Å². The quantitative estimate of drug-likeness (QED) is 0.787. The van der Waals surface area contributed by atoms with Gasteiger partial charge in [-0.25, -0.2) is 0 Å². The summed E-state index contributed by atoms with van der Waals surface area (Å²) in [6.45, 7) is 0. The van der Waals surface area contributed by atoms with E-state index in [0.29, 0.717) is 10.8 Å². The molecule has 0 spiro atoms. The fourth-order valence-corrected chi connectivity index (χ4v) is 3.29. The van der Waals surface area contributed by atoms with Crippen LogP contribution in [0.4, 0.5) is 0 Å². The maximum absolute atomic E-state index is 6.30. The molecule has 0 saturated carbocycles. The van der Waals surface area contributed by atoms with Crippen molar-refractivity contribution in [2.75, 3.05) is 7.11 Å². The molecule has 100 valence electrons. The summed E-state index contributed by atoms with van der Waals surface area (Å²) in [5, 5.41) is 0.577. The third-order valence-electron chi connectivity index (χ3n) is 2.83. The van der Waals surface area contributed by atoms with Gasteiger partial charge in [-0.2, -0.15) is 0 Å². The van der Waals surface area contributed by atoms with Gasteiger partial charge in [0.25, 0.3) is 0 Å². The summed E-state index contributed by atoms with van der Waals surface area (Å²) in [6.07, 6.45) is 0. The van der Waals surface area contributed by atoms with Crippen LogP contribution in [-0.2, 0) is 0 Å². The second kappa shape index (κ2) is 6.27. The van der Waals surface area contributed by atoms with Crippen molar-refractivity contribution in [2.24, 2.45) is 5.73 Å². The average Bonchev–Trinajstić information content (AvgIpc) is 2.38. The zero-order valence-electron chi connectivity index (χ0n) is 10.2. The fraction of sp³-hybridized carbons (Fsp3) is 0.143. The van der Waals surface area contributed by atoms with E-state index in [1.807, 2.05) is 30.3 Å². The lowest BCUT2D eigenvalue weighted by Gasteiger charge is -2.16. The van der Waals surface area contributed by atoms with Gasteiger partial charge in [-0.3, -0.25) is 0 Å². The second-order valence-electron chi connectivity index (χ2n) is 4.04. The molecule has 0 saturated heterocycles. The Morgan fingerprint density at radius 1 is 1.16 bits per heavy atom. The van der Waals surface area contributed by atoms with Crippen LogP contribution < -0.4 is 10.5 Å². The highest BCUT2D eigenvalue weighted by Crippen LogP contribution is 2.33. The summed E-state index contributed by atoms with van der Waals surface area (Å²) >= 11 is 13.0. The number of methoxy groups -OCH3 is 1. The van der Waals surface area contributed by atoms with Crippen molar-refractivity contribution >= 4 is 43.5 Å². The van der Waals surface area contributed by atoms with Gasteiger partial charge in [0.2, 0.25) is 0 Å². The molecule has 0 aliphatic rings. The Labute approximate surface area is 134 Å². The highest BCUT2D eigenvalue weighted by Gasteiger charge is 2.14. The lowest BCUT2D eigenvalue weighted by Crippen LogP contribution is -2.12. The molecule has 0 amide bonds. The van der Waals surface area contributed by atoms with Gasteiger partial charge >= 0.3 is 0 Å². The Bertz CT molecular complexity index is 604. The topological polar surface area (TPSA) is 35.2 Å². The van der Waals surface area contributed by atoms with Crippen LogP contribution in [0, 0.1) is 0 Å². The van der Waals surface area contributed by atoms with Crippen LogP contribution in [0.3, 0.4) is 0 Å². The van der Waals surface area contributed by atoms with Crippen LogP contribution in [0.15, 0.2) is 45.3 Å². The number of benzene rings is 2. The summed E-state index contributed by atoms with van der Waals surface area (Å²) in [5.41, 5.74) is 8.25. The predicted molar refractivity (Wildman–Crippen MR) is 85.9 cm³/mol. The zero-order valence-corrected chi connectivity index (χ0v) is 14.1. The van der Waals surface area contributed by atoms with Gasteiger partial charge in [0.1, 0.15) is 5.75 Å². The summed E-state index contributed by atoms with van der Waals surface area (Å²) in [6, 6.07) is 11.2. The standard InChI is InChI=1S/C14H12Br2ClNO/c1-19-13-6-8(2-5-12(13)17)14(18)10-4-3-9(15)7-11(10)16/h2-7,14H,18H2,1H3.